The summed E-state index contributed by atoms with van der Waals surface area (Å²) in [5.41, 5.74) is 3.00. The standard InChI is InChI=1S/C16H20N2O3/c1-10(2)18(9-15(20)21)14(19)7-12-8-17-13-6-4-5-11(3)16(12)13/h4-6,8,10,17H,7,9H2,1-3H3,(H,20,21). The first-order chi connectivity index (χ1) is 9.90. The molecular weight excluding hydrogens is 268 g/mol. The zero-order valence-electron chi connectivity index (χ0n) is 12.5. The maximum atomic E-state index is 12.4. The summed E-state index contributed by atoms with van der Waals surface area (Å²) in [6, 6.07) is 5.79. The van der Waals surface area contributed by atoms with E-state index in [9.17, 15) is 9.59 Å². The zero-order valence-corrected chi connectivity index (χ0v) is 12.5. The van der Waals surface area contributed by atoms with Crippen LogP contribution in [0.2, 0.25) is 0 Å². The van der Waals surface area contributed by atoms with Gasteiger partial charge in [0.15, 0.2) is 0 Å². The van der Waals surface area contributed by atoms with Gasteiger partial charge in [-0.15, -0.1) is 0 Å². The molecule has 0 saturated carbocycles. The Morgan fingerprint density at radius 3 is 2.67 bits per heavy atom. The van der Waals surface area contributed by atoms with Gasteiger partial charge in [-0.05, 0) is 38.0 Å². The Hall–Kier alpha value is -2.30. The molecule has 0 aliphatic carbocycles. The smallest absolute Gasteiger partial charge is 0.323 e. The van der Waals surface area contributed by atoms with E-state index in [-0.39, 0.29) is 24.9 Å². The molecule has 0 radical (unpaired) electrons. The number of carboxylic acid groups (broad SMARTS) is 1. The Labute approximate surface area is 123 Å². The van der Waals surface area contributed by atoms with Crippen LogP contribution in [0.15, 0.2) is 24.4 Å². The van der Waals surface area contributed by atoms with Crippen LogP contribution < -0.4 is 0 Å². The van der Waals surface area contributed by atoms with Gasteiger partial charge in [-0.1, -0.05) is 12.1 Å². The summed E-state index contributed by atoms with van der Waals surface area (Å²) in [7, 11) is 0. The number of carbonyl (C=O) groups excluding carboxylic acids is 1. The van der Waals surface area contributed by atoms with E-state index in [0.717, 1.165) is 22.0 Å². The highest BCUT2D eigenvalue weighted by molar-refractivity contribution is 5.91. The summed E-state index contributed by atoms with van der Waals surface area (Å²) in [5, 5.41) is 9.97. The van der Waals surface area contributed by atoms with E-state index in [2.05, 4.69) is 4.98 Å². The molecule has 1 heterocycles. The molecule has 1 amide bonds. The molecule has 0 atom stereocenters. The first kappa shape index (κ1) is 15.1. The average molecular weight is 288 g/mol. The van der Waals surface area contributed by atoms with Crippen LogP contribution in [0.25, 0.3) is 10.9 Å². The fourth-order valence-electron chi connectivity index (χ4n) is 2.56. The van der Waals surface area contributed by atoms with Gasteiger partial charge in [-0.3, -0.25) is 9.59 Å². The normalized spacial score (nSPS) is 11.0. The molecule has 0 bridgehead atoms. The number of aryl methyl sites for hydroxylation is 1. The number of hydrogen-bond acceptors (Lipinski definition) is 2. The average Bonchev–Trinajstić information content (AvgIpc) is 2.80. The summed E-state index contributed by atoms with van der Waals surface area (Å²) in [6.07, 6.45) is 2.03. The van der Waals surface area contributed by atoms with E-state index < -0.39 is 5.97 Å². The van der Waals surface area contributed by atoms with Gasteiger partial charge in [0.2, 0.25) is 5.91 Å². The zero-order chi connectivity index (χ0) is 15.6. The molecule has 0 unspecified atom stereocenters. The molecule has 1 aromatic carbocycles. The first-order valence-electron chi connectivity index (χ1n) is 6.97. The molecule has 2 aromatic rings. The van der Waals surface area contributed by atoms with Crippen molar-refractivity contribution in [1.29, 1.82) is 0 Å². The third-order valence-electron chi connectivity index (χ3n) is 3.59. The Bertz CT molecular complexity index is 673. The van der Waals surface area contributed by atoms with E-state index >= 15 is 0 Å². The minimum Gasteiger partial charge on any atom is -0.480 e. The number of aromatic nitrogens is 1. The maximum absolute atomic E-state index is 12.4. The molecule has 2 N–H and O–H groups in total. The van der Waals surface area contributed by atoms with Crippen molar-refractivity contribution in [3.63, 3.8) is 0 Å². The number of nitrogens with zero attached hydrogens (tertiary/aromatic N) is 1. The fourth-order valence-corrected chi connectivity index (χ4v) is 2.56. The molecule has 0 saturated heterocycles. The molecule has 5 heteroatoms. The number of amides is 1. The highest BCUT2D eigenvalue weighted by Crippen LogP contribution is 2.23. The molecule has 0 aliphatic rings. The van der Waals surface area contributed by atoms with Gasteiger partial charge < -0.3 is 15.0 Å². The number of hydrogen-bond donors (Lipinski definition) is 2. The maximum Gasteiger partial charge on any atom is 0.323 e. The lowest BCUT2D eigenvalue weighted by Gasteiger charge is -2.24. The van der Waals surface area contributed by atoms with Gasteiger partial charge in [0.25, 0.3) is 0 Å². The van der Waals surface area contributed by atoms with Crippen molar-refractivity contribution in [2.45, 2.75) is 33.2 Å². The summed E-state index contributed by atoms with van der Waals surface area (Å²) >= 11 is 0. The number of carboxylic acids is 1. The molecule has 5 nitrogen and oxygen atoms in total. The highest BCUT2D eigenvalue weighted by atomic mass is 16.4. The van der Waals surface area contributed by atoms with E-state index in [1.165, 1.54) is 4.90 Å². The number of aliphatic carboxylic acids is 1. The van der Waals surface area contributed by atoms with Crippen molar-refractivity contribution in [1.82, 2.24) is 9.88 Å². The van der Waals surface area contributed by atoms with Gasteiger partial charge >= 0.3 is 5.97 Å². The lowest BCUT2D eigenvalue weighted by atomic mass is 10.0. The van der Waals surface area contributed by atoms with Crippen molar-refractivity contribution in [2.24, 2.45) is 0 Å². The third kappa shape index (κ3) is 3.24. The predicted molar refractivity (Wildman–Crippen MR) is 81.2 cm³/mol. The minimum atomic E-state index is -0.993. The Morgan fingerprint density at radius 2 is 2.05 bits per heavy atom. The lowest BCUT2D eigenvalue weighted by molar-refractivity contribution is -0.145. The number of benzene rings is 1. The van der Waals surface area contributed by atoms with Crippen LogP contribution in [0.4, 0.5) is 0 Å². The van der Waals surface area contributed by atoms with E-state index in [1.54, 1.807) is 0 Å². The summed E-state index contributed by atoms with van der Waals surface area (Å²) in [4.78, 5) is 27.8. The monoisotopic (exact) mass is 288 g/mol. The third-order valence-corrected chi connectivity index (χ3v) is 3.59. The van der Waals surface area contributed by atoms with Crippen molar-refractivity contribution >= 4 is 22.8 Å². The van der Waals surface area contributed by atoms with Crippen LogP contribution in [-0.2, 0) is 16.0 Å². The van der Waals surface area contributed by atoms with Crippen LogP contribution >= 0.6 is 0 Å². The van der Waals surface area contributed by atoms with Crippen LogP contribution in [-0.4, -0.2) is 39.5 Å². The van der Waals surface area contributed by atoms with Crippen LogP contribution in [0.3, 0.4) is 0 Å². The quantitative estimate of drug-likeness (QED) is 0.887. The van der Waals surface area contributed by atoms with Gasteiger partial charge in [-0.25, -0.2) is 0 Å². The number of fused-ring (bicyclic) bond motifs is 1. The van der Waals surface area contributed by atoms with Crippen LogP contribution in [0.5, 0.6) is 0 Å². The molecule has 21 heavy (non-hydrogen) atoms. The first-order valence-corrected chi connectivity index (χ1v) is 6.97. The molecule has 1 aromatic heterocycles. The van der Waals surface area contributed by atoms with Crippen LogP contribution in [0.1, 0.15) is 25.0 Å². The van der Waals surface area contributed by atoms with Crippen molar-refractivity contribution in [2.75, 3.05) is 6.54 Å². The molecule has 2 rings (SSSR count). The SMILES string of the molecule is Cc1cccc2[nH]cc(CC(=O)N(CC(=O)O)C(C)C)c12. The van der Waals surface area contributed by atoms with Crippen LogP contribution in [0, 0.1) is 6.92 Å². The van der Waals surface area contributed by atoms with E-state index in [0.29, 0.717) is 0 Å². The lowest BCUT2D eigenvalue weighted by Crippen LogP contribution is -2.41. The number of rotatable bonds is 5. The second kappa shape index (κ2) is 5.99. The summed E-state index contributed by atoms with van der Waals surface area (Å²) in [6.45, 7) is 5.38. The number of carbonyl (C=O) groups is 2. The second-order valence-corrected chi connectivity index (χ2v) is 5.50. The molecule has 0 spiro atoms. The molecule has 0 fully saturated rings. The molecular formula is C16H20N2O3. The topological polar surface area (TPSA) is 73.4 Å². The number of aromatic amines is 1. The van der Waals surface area contributed by atoms with Gasteiger partial charge in [0.05, 0.1) is 6.42 Å². The minimum absolute atomic E-state index is 0.139. The Morgan fingerprint density at radius 1 is 1.33 bits per heavy atom. The highest BCUT2D eigenvalue weighted by Gasteiger charge is 2.21. The van der Waals surface area contributed by atoms with Crippen molar-refractivity contribution in [3.8, 4) is 0 Å². The van der Waals surface area contributed by atoms with E-state index in [1.807, 2.05) is 45.2 Å². The van der Waals surface area contributed by atoms with Gasteiger partial charge in [-0.2, -0.15) is 0 Å². The predicted octanol–water partition coefficient (Wildman–Crippen LogP) is 2.34. The van der Waals surface area contributed by atoms with E-state index in [4.69, 9.17) is 5.11 Å². The second-order valence-electron chi connectivity index (χ2n) is 5.50. The summed E-state index contributed by atoms with van der Waals surface area (Å²) < 4.78 is 0. The van der Waals surface area contributed by atoms with Gasteiger partial charge in [0.1, 0.15) is 6.54 Å². The Balaban J connectivity index is 2.26. The Kier molecular flexibility index (Phi) is 4.31. The van der Waals surface area contributed by atoms with Gasteiger partial charge in [0, 0.05) is 23.1 Å². The fraction of sp³-hybridized carbons (Fsp3) is 0.375. The molecule has 112 valence electrons. The number of nitrogens with one attached hydrogen (secondary N) is 1. The largest absolute Gasteiger partial charge is 0.480 e. The summed E-state index contributed by atoms with van der Waals surface area (Å²) in [5.74, 6) is -1.16. The van der Waals surface area contributed by atoms with Crippen molar-refractivity contribution in [3.05, 3.63) is 35.5 Å². The molecule has 0 aliphatic heterocycles. The number of H-pyrrole nitrogens is 1. The van der Waals surface area contributed by atoms with Crippen molar-refractivity contribution < 1.29 is 14.7 Å².